The van der Waals surface area contributed by atoms with Crippen molar-refractivity contribution in [2.45, 2.75) is 5.25 Å². The number of ether oxygens (including phenoxy) is 3. The van der Waals surface area contributed by atoms with Crippen molar-refractivity contribution in [3.05, 3.63) is 67.3 Å². The van der Waals surface area contributed by atoms with Crippen LogP contribution in [0.5, 0.6) is 5.75 Å². The lowest BCUT2D eigenvalue weighted by molar-refractivity contribution is -0.385. The maximum atomic E-state index is 13.3. The molecule has 2 aromatic carbocycles. The first kappa shape index (κ1) is 26.3. The highest BCUT2D eigenvalue weighted by atomic mass is 127. The van der Waals surface area contributed by atoms with Gasteiger partial charge in [0.1, 0.15) is 19.0 Å². The molecule has 0 radical (unpaired) electrons. The predicted molar refractivity (Wildman–Crippen MR) is 115 cm³/mol. The van der Waals surface area contributed by atoms with E-state index >= 15 is 0 Å². The predicted octanol–water partition coefficient (Wildman–Crippen LogP) is 3.07. The average molecular weight is 601 g/mol. The van der Waals surface area contributed by atoms with Gasteiger partial charge >= 0.3 is 27.3 Å². The maximum Gasteiger partial charge on any atom is 0.402 e. The van der Waals surface area contributed by atoms with Crippen LogP contribution in [0.1, 0.15) is 20.7 Å². The minimum Gasteiger partial charge on any atom is -0.490 e. The second kappa shape index (κ2) is 10.8. The summed E-state index contributed by atoms with van der Waals surface area (Å²) in [6, 6.07) is 9.67. The fraction of sp³-hybridized carbons (Fsp3) is 0.222. The fourth-order valence-corrected chi connectivity index (χ4v) is 2.84. The van der Waals surface area contributed by atoms with Crippen molar-refractivity contribution >= 4 is 50.3 Å². The summed E-state index contributed by atoms with van der Waals surface area (Å²) < 4.78 is 71.8. The van der Waals surface area contributed by atoms with Gasteiger partial charge in [0.05, 0.1) is 10.5 Å². The molecule has 0 bridgehead atoms. The van der Waals surface area contributed by atoms with Gasteiger partial charge in [0.15, 0.2) is 12.2 Å². The lowest BCUT2D eigenvalue weighted by Crippen LogP contribution is -2.34. The number of hydrogen-bond acceptors (Lipinski definition) is 9. The molecule has 0 spiro atoms. The Hall–Kier alpha value is -2.92. The molecule has 0 atom stereocenters. The number of nitrogens with zero attached hydrogens (tertiary/aromatic N) is 1. The zero-order valence-corrected chi connectivity index (χ0v) is 19.2. The van der Waals surface area contributed by atoms with E-state index in [2.05, 4.69) is 27.3 Å². The number of esters is 2. The van der Waals surface area contributed by atoms with Crippen molar-refractivity contribution in [2.24, 2.45) is 0 Å². The number of hydrogen-bond donors (Lipinski definition) is 1. The number of benzene rings is 2. The van der Waals surface area contributed by atoms with Gasteiger partial charge in [-0.25, -0.2) is 9.59 Å². The van der Waals surface area contributed by atoms with E-state index in [9.17, 15) is 36.9 Å². The van der Waals surface area contributed by atoms with Gasteiger partial charge in [-0.1, -0.05) is 6.07 Å². The largest absolute Gasteiger partial charge is 0.490 e. The van der Waals surface area contributed by atoms with Crippen molar-refractivity contribution < 1.29 is 50.5 Å². The Morgan fingerprint density at radius 1 is 1.06 bits per heavy atom. The Labute approximate surface area is 198 Å². The van der Waals surface area contributed by atoms with E-state index in [-0.39, 0.29) is 13.2 Å². The SMILES string of the molecule is O=C(OCCOc1ccc(I)cc1)c1cccc([N+](=O)[O-])c1C(=O)OCC(F)(F)S(=O)(=O)O. The molecule has 0 fully saturated rings. The number of halogens is 3. The topological polar surface area (TPSA) is 159 Å². The monoisotopic (exact) mass is 601 g/mol. The molecular weight excluding hydrogens is 587 g/mol. The summed E-state index contributed by atoms with van der Waals surface area (Å²) in [5.41, 5.74) is -2.68. The molecule has 2 aromatic rings. The standard InChI is InChI=1S/C18H14F2INO10S/c19-18(20,33(27,28)29)10-32-17(24)15-13(2-1-3-14(15)22(25)26)16(23)31-9-8-30-12-6-4-11(21)5-7-12/h1-7H,8-10H2,(H,27,28,29). The highest BCUT2D eigenvalue weighted by molar-refractivity contribution is 14.1. The number of carbonyl (C=O) groups is 2. The Bertz CT molecular complexity index is 1160. The molecule has 0 amide bonds. The van der Waals surface area contributed by atoms with Crippen molar-refractivity contribution in [1.29, 1.82) is 0 Å². The van der Waals surface area contributed by atoms with Gasteiger partial charge in [0.25, 0.3) is 5.69 Å². The number of alkyl halides is 2. The fourth-order valence-electron chi connectivity index (χ4n) is 2.28. The van der Waals surface area contributed by atoms with E-state index in [0.29, 0.717) is 5.75 Å². The molecule has 0 unspecified atom stereocenters. The summed E-state index contributed by atoms with van der Waals surface area (Å²) in [6.07, 6.45) is 0. The third-order valence-corrected chi connectivity index (χ3v) is 5.40. The molecule has 0 aliphatic heterocycles. The van der Waals surface area contributed by atoms with E-state index in [1.807, 2.05) is 0 Å². The smallest absolute Gasteiger partial charge is 0.402 e. The zero-order chi connectivity index (χ0) is 24.8. The van der Waals surface area contributed by atoms with E-state index in [1.54, 1.807) is 24.3 Å². The molecule has 2 rings (SSSR count). The summed E-state index contributed by atoms with van der Waals surface area (Å²) in [6.45, 7) is -2.58. The number of nitro benzene ring substituents is 1. The second-order valence-corrected chi connectivity index (χ2v) is 8.88. The number of rotatable bonds is 10. The lowest BCUT2D eigenvalue weighted by atomic mass is 10.1. The van der Waals surface area contributed by atoms with Crippen molar-refractivity contribution in [3.8, 4) is 5.75 Å². The summed E-state index contributed by atoms with van der Waals surface area (Å²) in [7, 11) is -5.92. The van der Waals surface area contributed by atoms with Gasteiger partial charge in [-0.3, -0.25) is 14.7 Å². The molecule has 15 heteroatoms. The quantitative estimate of drug-likeness (QED) is 0.107. The van der Waals surface area contributed by atoms with Crippen molar-refractivity contribution in [2.75, 3.05) is 19.8 Å². The maximum absolute atomic E-state index is 13.3. The van der Waals surface area contributed by atoms with Gasteiger partial charge in [-0.05, 0) is 52.9 Å². The molecule has 33 heavy (non-hydrogen) atoms. The third-order valence-electron chi connectivity index (χ3n) is 3.81. The summed E-state index contributed by atoms with van der Waals surface area (Å²) in [4.78, 5) is 34.8. The van der Waals surface area contributed by atoms with Gasteiger partial charge in [-0.2, -0.15) is 17.2 Å². The van der Waals surface area contributed by atoms with E-state index in [4.69, 9.17) is 14.0 Å². The minimum atomic E-state index is -5.92. The van der Waals surface area contributed by atoms with Crippen LogP contribution in [0.25, 0.3) is 0 Å². The average Bonchev–Trinajstić information content (AvgIpc) is 2.74. The highest BCUT2D eigenvalue weighted by Gasteiger charge is 2.46. The van der Waals surface area contributed by atoms with Crippen LogP contribution < -0.4 is 4.74 Å². The van der Waals surface area contributed by atoms with Crippen LogP contribution in [0.2, 0.25) is 0 Å². The minimum absolute atomic E-state index is 0.110. The molecule has 0 saturated carbocycles. The third kappa shape index (κ3) is 7.03. The van der Waals surface area contributed by atoms with E-state index < -0.39 is 55.7 Å². The van der Waals surface area contributed by atoms with Crippen LogP contribution in [0, 0.1) is 13.7 Å². The van der Waals surface area contributed by atoms with Crippen molar-refractivity contribution in [1.82, 2.24) is 0 Å². The number of carbonyl (C=O) groups excluding carboxylic acids is 2. The Kier molecular flexibility index (Phi) is 8.62. The molecule has 11 nitrogen and oxygen atoms in total. The normalized spacial score (nSPS) is 11.5. The van der Waals surface area contributed by atoms with Crippen molar-refractivity contribution in [3.63, 3.8) is 0 Å². The molecule has 0 aliphatic rings. The van der Waals surface area contributed by atoms with Crippen LogP contribution in [0.15, 0.2) is 42.5 Å². The first-order valence-corrected chi connectivity index (χ1v) is 11.2. The summed E-state index contributed by atoms with van der Waals surface area (Å²) >= 11 is 2.09. The van der Waals surface area contributed by atoms with Crippen LogP contribution >= 0.6 is 22.6 Å². The summed E-state index contributed by atoms with van der Waals surface area (Å²) in [5.74, 6) is -2.54. The van der Waals surface area contributed by atoms with Crippen LogP contribution in [0.3, 0.4) is 0 Å². The molecule has 0 heterocycles. The Morgan fingerprint density at radius 3 is 2.27 bits per heavy atom. The lowest BCUT2D eigenvalue weighted by Gasteiger charge is -2.14. The first-order valence-electron chi connectivity index (χ1n) is 8.68. The van der Waals surface area contributed by atoms with Crippen LogP contribution in [-0.2, 0) is 19.6 Å². The van der Waals surface area contributed by atoms with Gasteiger partial charge in [-0.15, -0.1) is 0 Å². The van der Waals surface area contributed by atoms with Crippen LogP contribution in [0.4, 0.5) is 14.5 Å². The van der Waals surface area contributed by atoms with Gasteiger partial charge < -0.3 is 14.2 Å². The second-order valence-electron chi connectivity index (χ2n) is 6.08. The van der Waals surface area contributed by atoms with E-state index in [1.165, 1.54) is 0 Å². The number of nitro groups is 1. The zero-order valence-electron chi connectivity index (χ0n) is 16.3. The van der Waals surface area contributed by atoms with E-state index in [0.717, 1.165) is 21.8 Å². The van der Waals surface area contributed by atoms with Gasteiger partial charge in [0.2, 0.25) is 0 Å². The molecule has 0 aliphatic carbocycles. The molecule has 0 aromatic heterocycles. The Morgan fingerprint density at radius 2 is 1.70 bits per heavy atom. The van der Waals surface area contributed by atoms with Gasteiger partial charge in [0, 0.05) is 9.64 Å². The van der Waals surface area contributed by atoms with Crippen LogP contribution in [-0.4, -0.2) is 54.9 Å². The molecule has 178 valence electrons. The molecular formula is C18H14F2INO10S. The molecule has 1 N–H and O–H groups in total. The first-order chi connectivity index (χ1) is 15.3. The highest BCUT2D eigenvalue weighted by Crippen LogP contribution is 2.26. The summed E-state index contributed by atoms with van der Waals surface area (Å²) in [5, 5.41) is 6.37. The molecule has 0 saturated heterocycles. The Balaban J connectivity index is 2.15.